The largest absolute Gasteiger partial charge is 0.247 e. The van der Waals surface area contributed by atoms with Gasteiger partial charge in [0, 0.05) is 10.8 Å². The van der Waals surface area contributed by atoms with E-state index in [1.165, 1.54) is 60.8 Å². The molecule has 0 N–H and O–H groups in total. The third-order valence-electron chi connectivity index (χ3n) is 6.35. The van der Waals surface area contributed by atoms with Gasteiger partial charge in [-0.2, -0.15) is 0 Å². The van der Waals surface area contributed by atoms with Crippen LogP contribution in [0.25, 0.3) is 28.9 Å². The zero-order chi connectivity index (χ0) is 17.3. The lowest BCUT2D eigenvalue weighted by Gasteiger charge is -2.24. The third-order valence-corrected chi connectivity index (χ3v) is 6.35. The zero-order valence-corrected chi connectivity index (χ0v) is 15.1. The quantitative estimate of drug-likeness (QED) is 0.660. The normalized spacial score (nSPS) is 18.7. The van der Waals surface area contributed by atoms with Crippen LogP contribution in [-0.4, -0.2) is 0 Å². The summed E-state index contributed by atoms with van der Waals surface area (Å²) in [6.45, 7) is 2.22. The highest BCUT2D eigenvalue weighted by Gasteiger charge is 2.29. The van der Waals surface area contributed by atoms with Crippen LogP contribution in [0.15, 0.2) is 52.7 Å². The molecule has 0 saturated carbocycles. The van der Waals surface area contributed by atoms with Gasteiger partial charge in [-0.1, -0.05) is 48.6 Å². The van der Waals surface area contributed by atoms with E-state index in [1.54, 1.807) is 0 Å². The summed E-state index contributed by atoms with van der Waals surface area (Å²) < 4.78 is 0. The molecule has 0 aromatic heterocycles. The number of nitrogens with zero attached hydrogens (tertiary/aromatic N) is 1. The molecule has 0 radical (unpaired) electrons. The highest BCUT2D eigenvalue weighted by Crippen LogP contribution is 2.40. The van der Waals surface area contributed by atoms with Gasteiger partial charge < -0.3 is 0 Å². The van der Waals surface area contributed by atoms with Crippen molar-refractivity contribution in [3.63, 3.8) is 0 Å². The van der Waals surface area contributed by atoms with Crippen LogP contribution < -0.4 is 10.6 Å². The van der Waals surface area contributed by atoms with E-state index in [0.29, 0.717) is 0 Å². The zero-order valence-electron chi connectivity index (χ0n) is 15.1. The molecule has 1 heteroatoms. The second kappa shape index (κ2) is 5.17. The molecule has 26 heavy (non-hydrogen) atoms. The Balaban J connectivity index is 1.79. The Hall–Kier alpha value is -2.67. The van der Waals surface area contributed by atoms with E-state index in [9.17, 15) is 0 Å². The van der Waals surface area contributed by atoms with E-state index in [-0.39, 0.29) is 0 Å². The van der Waals surface area contributed by atoms with Crippen LogP contribution in [0, 0.1) is 0 Å². The van der Waals surface area contributed by atoms with E-state index >= 15 is 0 Å². The smallest absolute Gasteiger partial charge is 0.0791 e. The second-order valence-electron chi connectivity index (χ2n) is 7.78. The number of fused-ring (bicyclic) bond motifs is 9. The molecule has 0 atom stereocenters. The van der Waals surface area contributed by atoms with Crippen LogP contribution in [0.4, 0.5) is 0 Å². The molecular formula is C25H21N. The lowest BCUT2D eigenvalue weighted by atomic mass is 9.79. The Morgan fingerprint density at radius 3 is 2.85 bits per heavy atom. The van der Waals surface area contributed by atoms with Crippen molar-refractivity contribution in [1.82, 2.24) is 0 Å². The lowest BCUT2D eigenvalue weighted by Crippen LogP contribution is -2.34. The molecule has 2 aromatic carbocycles. The van der Waals surface area contributed by atoms with Crippen molar-refractivity contribution >= 4 is 17.7 Å². The topological polar surface area (TPSA) is 12.4 Å². The summed E-state index contributed by atoms with van der Waals surface area (Å²) >= 11 is 0. The predicted octanol–water partition coefficient (Wildman–Crippen LogP) is 4.73. The molecule has 0 bridgehead atoms. The van der Waals surface area contributed by atoms with Crippen molar-refractivity contribution in [1.29, 1.82) is 0 Å². The van der Waals surface area contributed by atoms with Gasteiger partial charge in [0.25, 0.3) is 0 Å². The molecule has 1 heterocycles. The fourth-order valence-electron chi connectivity index (χ4n) is 5.18. The first-order valence-corrected chi connectivity index (χ1v) is 9.76. The summed E-state index contributed by atoms with van der Waals surface area (Å²) in [6.07, 6.45) is 15.1. The highest BCUT2D eigenvalue weighted by atomic mass is 14.8. The van der Waals surface area contributed by atoms with Crippen molar-refractivity contribution < 1.29 is 0 Å². The highest BCUT2D eigenvalue weighted by molar-refractivity contribution is 5.89. The van der Waals surface area contributed by atoms with Gasteiger partial charge in [-0.3, -0.25) is 0 Å². The van der Waals surface area contributed by atoms with Gasteiger partial charge in [-0.25, -0.2) is 4.99 Å². The van der Waals surface area contributed by atoms with Crippen LogP contribution in [0.2, 0.25) is 0 Å². The van der Waals surface area contributed by atoms with Crippen LogP contribution in [0.3, 0.4) is 0 Å². The predicted molar refractivity (Wildman–Crippen MR) is 108 cm³/mol. The summed E-state index contributed by atoms with van der Waals surface area (Å²) in [6, 6.07) is 8.90. The van der Waals surface area contributed by atoms with E-state index in [1.807, 2.05) is 0 Å². The van der Waals surface area contributed by atoms with Crippen LogP contribution in [0.1, 0.15) is 48.4 Å². The van der Waals surface area contributed by atoms with E-state index in [0.717, 1.165) is 32.1 Å². The Bertz CT molecular complexity index is 1200. The number of rotatable bonds is 0. The maximum Gasteiger partial charge on any atom is 0.0791 e. The number of allylic oxidation sites excluding steroid dienone is 4. The fraction of sp³-hybridized carbons (Fsp3) is 0.240. The molecule has 6 rings (SSSR count). The van der Waals surface area contributed by atoms with Gasteiger partial charge >= 0.3 is 0 Å². The molecule has 3 aliphatic carbocycles. The van der Waals surface area contributed by atoms with Gasteiger partial charge in [-0.05, 0) is 78.0 Å². The molecular weight excluding hydrogens is 314 g/mol. The van der Waals surface area contributed by atoms with E-state index < -0.39 is 0 Å². The van der Waals surface area contributed by atoms with Crippen LogP contribution in [0.5, 0.6) is 0 Å². The summed E-state index contributed by atoms with van der Waals surface area (Å²) in [5, 5.41) is 2.62. The first kappa shape index (κ1) is 14.5. The SMILES string of the molecule is CC1=CCCC2=C1N=c1c2c2c(c3c1=CCc1ccccc1-3)C=CCC2. The minimum absolute atomic E-state index is 1.01. The first-order chi connectivity index (χ1) is 12.8. The maximum absolute atomic E-state index is 5.20. The van der Waals surface area contributed by atoms with E-state index in [2.05, 4.69) is 55.5 Å². The molecule has 0 spiro atoms. The minimum atomic E-state index is 1.01. The Morgan fingerprint density at radius 2 is 1.88 bits per heavy atom. The Labute approximate surface area is 153 Å². The minimum Gasteiger partial charge on any atom is -0.247 e. The number of hydrogen-bond acceptors (Lipinski definition) is 1. The fourth-order valence-corrected chi connectivity index (χ4v) is 5.18. The lowest BCUT2D eigenvalue weighted by molar-refractivity contribution is 0.962. The monoisotopic (exact) mass is 335 g/mol. The summed E-state index contributed by atoms with van der Waals surface area (Å²) in [7, 11) is 0. The van der Waals surface area contributed by atoms with Gasteiger partial charge in [0.1, 0.15) is 0 Å². The number of benzene rings is 2. The molecule has 126 valence electrons. The van der Waals surface area contributed by atoms with E-state index in [4.69, 9.17) is 4.99 Å². The molecule has 1 nitrogen and oxygen atoms in total. The van der Waals surface area contributed by atoms with Crippen molar-refractivity contribution in [2.24, 2.45) is 4.99 Å². The molecule has 2 aromatic rings. The Kier molecular flexibility index (Phi) is 2.88. The molecule has 0 saturated heterocycles. The average molecular weight is 335 g/mol. The number of hydrogen-bond donors (Lipinski definition) is 0. The summed E-state index contributed by atoms with van der Waals surface area (Å²) in [4.78, 5) is 5.20. The van der Waals surface area contributed by atoms with Gasteiger partial charge in [0.05, 0.1) is 11.1 Å². The van der Waals surface area contributed by atoms with Crippen molar-refractivity contribution in [2.75, 3.05) is 0 Å². The van der Waals surface area contributed by atoms with Gasteiger partial charge in [0.2, 0.25) is 0 Å². The van der Waals surface area contributed by atoms with Crippen molar-refractivity contribution in [3.05, 3.63) is 80.5 Å². The van der Waals surface area contributed by atoms with Crippen molar-refractivity contribution in [3.8, 4) is 11.1 Å². The summed E-state index contributed by atoms with van der Waals surface area (Å²) in [5.41, 5.74) is 12.8. The molecule has 1 aliphatic heterocycles. The molecule has 0 fully saturated rings. The van der Waals surface area contributed by atoms with Crippen LogP contribution >= 0.6 is 0 Å². The van der Waals surface area contributed by atoms with Crippen LogP contribution in [-0.2, 0) is 12.8 Å². The average Bonchev–Trinajstić information content (AvgIpc) is 3.09. The third kappa shape index (κ3) is 1.78. The van der Waals surface area contributed by atoms with Gasteiger partial charge in [-0.15, -0.1) is 0 Å². The maximum atomic E-state index is 5.20. The Morgan fingerprint density at radius 1 is 0.962 bits per heavy atom. The molecule has 0 amide bonds. The van der Waals surface area contributed by atoms with Gasteiger partial charge in [0.15, 0.2) is 0 Å². The molecule has 4 aliphatic rings. The standard InChI is InChI=1S/C25H21N/c1-15-7-6-12-20-23-19-11-5-4-10-18(19)22-17-9-3-2-8-16(17)13-14-21(22)25(23)26-24(15)20/h2-4,7-10,14H,5-6,11-13H2,1H3. The molecule has 0 unspecified atom stereocenters. The summed E-state index contributed by atoms with van der Waals surface area (Å²) in [5.74, 6) is 0. The second-order valence-corrected chi connectivity index (χ2v) is 7.78. The van der Waals surface area contributed by atoms with Crippen molar-refractivity contribution in [2.45, 2.75) is 39.0 Å². The first-order valence-electron chi connectivity index (χ1n) is 9.76.